The minimum absolute atomic E-state index is 0.161. The number of para-hydroxylation sites is 2. The van der Waals surface area contributed by atoms with E-state index in [0.717, 1.165) is 59.5 Å². The highest BCUT2D eigenvalue weighted by molar-refractivity contribution is 7.99. The minimum atomic E-state index is -0.161. The lowest BCUT2D eigenvalue weighted by Gasteiger charge is -2.30. The summed E-state index contributed by atoms with van der Waals surface area (Å²) >= 11 is 3.01. The summed E-state index contributed by atoms with van der Waals surface area (Å²) in [6, 6.07) is 34.2. The first-order chi connectivity index (χ1) is 20.0. The molecule has 4 aromatic carbocycles. The average molecular weight is 572 g/mol. The third-order valence-corrected chi connectivity index (χ3v) is 9.49. The molecule has 0 fully saturated rings. The van der Waals surface area contributed by atoms with Gasteiger partial charge in [0.2, 0.25) is 0 Å². The second kappa shape index (κ2) is 10.1. The molecule has 3 heterocycles. The van der Waals surface area contributed by atoms with Crippen molar-refractivity contribution in [3.63, 3.8) is 0 Å². The fourth-order valence-corrected chi connectivity index (χ4v) is 7.28. The third-order valence-electron chi connectivity index (χ3n) is 7.28. The van der Waals surface area contributed by atoms with E-state index in [9.17, 15) is 4.79 Å². The van der Waals surface area contributed by atoms with Crippen LogP contribution in [0.1, 0.15) is 15.2 Å². The van der Waals surface area contributed by atoms with Crippen molar-refractivity contribution >= 4 is 56.3 Å². The maximum absolute atomic E-state index is 14.4. The first-order valence-electron chi connectivity index (χ1n) is 13.2. The fraction of sp³-hybridized carbons (Fsp3) is 0.0588. The van der Waals surface area contributed by atoms with E-state index in [2.05, 4.69) is 37.3 Å². The van der Waals surface area contributed by atoms with Crippen molar-refractivity contribution in [1.29, 1.82) is 0 Å². The van der Waals surface area contributed by atoms with Gasteiger partial charge in [-0.15, -0.1) is 11.3 Å². The number of ether oxygens (including phenoxy) is 1. The van der Waals surface area contributed by atoms with E-state index >= 15 is 0 Å². The smallest absolute Gasteiger partial charge is 0.275 e. The van der Waals surface area contributed by atoms with E-state index < -0.39 is 0 Å². The number of pyridine rings is 1. The molecule has 5 nitrogen and oxygen atoms in total. The van der Waals surface area contributed by atoms with Crippen LogP contribution in [-0.4, -0.2) is 18.0 Å². The van der Waals surface area contributed by atoms with Crippen molar-refractivity contribution < 1.29 is 9.53 Å². The number of aromatic nitrogens is 1. The van der Waals surface area contributed by atoms with Gasteiger partial charge in [-0.25, -0.2) is 4.98 Å². The molecule has 1 amide bonds. The number of benzene rings is 4. The number of nitrogens with zero attached hydrogens (tertiary/aromatic N) is 2. The molecule has 6 aromatic rings. The van der Waals surface area contributed by atoms with Gasteiger partial charge in [-0.1, -0.05) is 65.9 Å². The summed E-state index contributed by atoms with van der Waals surface area (Å²) in [7, 11) is 1.65. The number of anilines is 3. The molecule has 1 aliphatic rings. The van der Waals surface area contributed by atoms with Crippen LogP contribution in [0.25, 0.3) is 32.6 Å². The standard InChI is InChI=1S/C34H25N3O2S2/c1-20-11-13-21(14-12-20)24-19-25(22-15-17-23(39-2)18-16-22)36-33-30(24)31(35)32(41-33)34(38)37-26-7-3-5-9-28(26)40-29-10-6-4-8-27(29)37/h3-19H,35H2,1-2H3. The molecule has 0 bridgehead atoms. The zero-order valence-corrected chi connectivity index (χ0v) is 24.1. The van der Waals surface area contributed by atoms with Crippen LogP contribution in [0.2, 0.25) is 0 Å². The molecule has 0 atom stereocenters. The largest absolute Gasteiger partial charge is 0.497 e. The molecular formula is C34H25N3O2S2. The molecule has 41 heavy (non-hydrogen) atoms. The minimum Gasteiger partial charge on any atom is -0.497 e. The van der Waals surface area contributed by atoms with Crippen LogP contribution in [0.15, 0.2) is 113 Å². The highest BCUT2D eigenvalue weighted by Crippen LogP contribution is 2.50. The molecule has 1 aliphatic heterocycles. The van der Waals surface area contributed by atoms with Gasteiger partial charge >= 0.3 is 0 Å². The van der Waals surface area contributed by atoms with Gasteiger partial charge in [0.05, 0.1) is 29.9 Å². The quantitative estimate of drug-likeness (QED) is 0.229. The first-order valence-corrected chi connectivity index (χ1v) is 14.8. The molecule has 0 spiro atoms. The lowest BCUT2D eigenvalue weighted by atomic mass is 9.98. The van der Waals surface area contributed by atoms with Gasteiger partial charge in [-0.3, -0.25) is 9.69 Å². The molecule has 0 saturated carbocycles. The number of methoxy groups -OCH3 is 1. The molecule has 7 rings (SSSR count). The van der Waals surface area contributed by atoms with E-state index in [0.29, 0.717) is 10.6 Å². The van der Waals surface area contributed by atoms with Crippen LogP contribution in [0, 0.1) is 6.92 Å². The van der Waals surface area contributed by atoms with Gasteiger partial charge in [-0.05, 0) is 72.6 Å². The summed E-state index contributed by atoms with van der Waals surface area (Å²) in [5, 5.41) is 0.799. The Kier molecular flexibility index (Phi) is 6.26. The highest BCUT2D eigenvalue weighted by atomic mass is 32.2. The van der Waals surface area contributed by atoms with Gasteiger partial charge in [0.15, 0.2) is 0 Å². The van der Waals surface area contributed by atoms with Gasteiger partial charge < -0.3 is 10.5 Å². The van der Waals surface area contributed by atoms with Crippen molar-refractivity contribution in [2.24, 2.45) is 0 Å². The molecule has 2 N–H and O–H groups in total. The lowest BCUT2D eigenvalue weighted by molar-refractivity contribution is 0.100. The van der Waals surface area contributed by atoms with Gasteiger partial charge in [0.25, 0.3) is 5.91 Å². The topological polar surface area (TPSA) is 68.5 Å². The van der Waals surface area contributed by atoms with Gasteiger partial charge in [0.1, 0.15) is 15.5 Å². The normalized spacial score (nSPS) is 12.2. The van der Waals surface area contributed by atoms with E-state index in [1.807, 2.05) is 72.8 Å². The summed E-state index contributed by atoms with van der Waals surface area (Å²) in [6.45, 7) is 2.07. The predicted molar refractivity (Wildman–Crippen MR) is 170 cm³/mol. The van der Waals surface area contributed by atoms with Gasteiger partial charge in [-0.2, -0.15) is 0 Å². The Morgan fingerprint density at radius 2 is 1.44 bits per heavy atom. The maximum atomic E-state index is 14.4. The van der Waals surface area contributed by atoms with Crippen LogP contribution < -0.4 is 15.4 Å². The summed E-state index contributed by atoms with van der Waals surface area (Å²) in [6.07, 6.45) is 0. The predicted octanol–water partition coefficient (Wildman–Crippen LogP) is 8.97. The summed E-state index contributed by atoms with van der Waals surface area (Å²) in [5.74, 6) is 0.619. The Hall–Kier alpha value is -4.59. The molecule has 200 valence electrons. The number of rotatable bonds is 4. The second-order valence-corrected chi connectivity index (χ2v) is 11.9. The van der Waals surface area contributed by atoms with E-state index in [1.54, 1.807) is 23.8 Å². The second-order valence-electron chi connectivity index (χ2n) is 9.85. The van der Waals surface area contributed by atoms with Crippen LogP contribution >= 0.6 is 23.1 Å². The number of carbonyl (C=O) groups is 1. The molecule has 2 aromatic heterocycles. The Balaban J connectivity index is 1.43. The Morgan fingerprint density at radius 1 is 0.829 bits per heavy atom. The van der Waals surface area contributed by atoms with E-state index in [4.69, 9.17) is 15.5 Å². The number of hydrogen-bond acceptors (Lipinski definition) is 6. The van der Waals surface area contributed by atoms with E-state index in [1.165, 1.54) is 16.9 Å². The first kappa shape index (κ1) is 25.4. The number of hydrogen-bond donors (Lipinski definition) is 1. The molecule has 0 unspecified atom stereocenters. The Bertz CT molecular complexity index is 1900. The van der Waals surface area contributed by atoms with Crippen LogP contribution in [0.3, 0.4) is 0 Å². The molecule has 0 aliphatic carbocycles. The number of nitrogen functional groups attached to an aromatic ring is 1. The maximum Gasteiger partial charge on any atom is 0.275 e. The monoisotopic (exact) mass is 571 g/mol. The number of aryl methyl sites for hydroxylation is 1. The Labute approximate surface area is 246 Å². The average Bonchev–Trinajstić information content (AvgIpc) is 3.35. The van der Waals surface area contributed by atoms with Gasteiger partial charge in [0, 0.05) is 20.7 Å². The van der Waals surface area contributed by atoms with Crippen molar-refractivity contribution in [2.75, 3.05) is 17.7 Å². The van der Waals surface area contributed by atoms with E-state index in [-0.39, 0.29) is 5.91 Å². The number of nitrogens with two attached hydrogens (primary N) is 1. The molecular weight excluding hydrogens is 547 g/mol. The number of fused-ring (bicyclic) bond motifs is 3. The highest BCUT2D eigenvalue weighted by Gasteiger charge is 2.32. The Morgan fingerprint density at radius 3 is 2.07 bits per heavy atom. The fourth-order valence-electron chi connectivity index (χ4n) is 5.18. The van der Waals surface area contributed by atoms with Crippen molar-refractivity contribution in [2.45, 2.75) is 16.7 Å². The molecule has 0 saturated heterocycles. The third kappa shape index (κ3) is 4.34. The zero-order chi connectivity index (χ0) is 28.1. The van der Waals surface area contributed by atoms with Crippen LogP contribution in [-0.2, 0) is 0 Å². The number of carbonyl (C=O) groups excluding carboxylic acids is 1. The van der Waals surface area contributed by atoms with Crippen LogP contribution in [0.5, 0.6) is 5.75 Å². The van der Waals surface area contributed by atoms with Crippen molar-refractivity contribution in [1.82, 2.24) is 4.98 Å². The number of thiophene rings is 1. The zero-order valence-electron chi connectivity index (χ0n) is 22.4. The summed E-state index contributed by atoms with van der Waals surface area (Å²) in [5.41, 5.74) is 13.9. The molecule has 0 radical (unpaired) electrons. The van der Waals surface area contributed by atoms with Crippen LogP contribution in [0.4, 0.5) is 17.1 Å². The van der Waals surface area contributed by atoms with Crippen molar-refractivity contribution in [3.8, 4) is 28.1 Å². The molecule has 7 heteroatoms. The lowest BCUT2D eigenvalue weighted by Crippen LogP contribution is -2.28. The SMILES string of the molecule is COc1ccc(-c2cc(-c3ccc(C)cc3)c3c(N)c(C(=O)N4c5ccccc5Sc5ccccc54)sc3n2)cc1. The van der Waals surface area contributed by atoms with Crippen molar-refractivity contribution in [3.05, 3.63) is 114 Å². The summed E-state index contributed by atoms with van der Waals surface area (Å²) < 4.78 is 5.35. The summed E-state index contributed by atoms with van der Waals surface area (Å²) in [4.78, 5) is 24.5. The number of amides is 1.